The van der Waals surface area contributed by atoms with Crippen molar-refractivity contribution >= 4 is 5.91 Å². The van der Waals surface area contributed by atoms with Crippen molar-refractivity contribution < 1.29 is 4.79 Å². The smallest absolute Gasteiger partial charge is 0.240 e. The van der Waals surface area contributed by atoms with Gasteiger partial charge in [0.1, 0.15) is 0 Å². The number of nitrogens with two attached hydrogens (primary N) is 1. The lowest BCUT2D eigenvalue weighted by Crippen LogP contribution is -2.52. The first-order valence-corrected chi connectivity index (χ1v) is 7.10. The van der Waals surface area contributed by atoms with Crippen molar-refractivity contribution in [2.75, 3.05) is 0 Å². The van der Waals surface area contributed by atoms with Gasteiger partial charge in [-0.2, -0.15) is 0 Å². The molecule has 1 fully saturated rings. The zero-order valence-corrected chi connectivity index (χ0v) is 12.1. The van der Waals surface area contributed by atoms with Gasteiger partial charge in [-0.25, -0.2) is 0 Å². The predicted molar refractivity (Wildman–Crippen MR) is 77.9 cm³/mol. The van der Waals surface area contributed by atoms with Crippen molar-refractivity contribution in [3.8, 4) is 0 Å². The zero-order valence-electron chi connectivity index (χ0n) is 12.1. The van der Waals surface area contributed by atoms with Crippen molar-refractivity contribution in [1.82, 2.24) is 5.32 Å². The van der Waals surface area contributed by atoms with Crippen LogP contribution in [0.4, 0.5) is 0 Å². The summed E-state index contributed by atoms with van der Waals surface area (Å²) in [7, 11) is 0. The van der Waals surface area contributed by atoms with E-state index in [-0.39, 0.29) is 11.9 Å². The van der Waals surface area contributed by atoms with E-state index in [1.165, 1.54) is 16.7 Å². The molecule has 0 radical (unpaired) electrons. The average molecular weight is 260 g/mol. The summed E-state index contributed by atoms with van der Waals surface area (Å²) in [5, 5.41) is 3.08. The average Bonchev–Trinajstić information content (AvgIpc) is 2.81. The number of carbonyl (C=O) groups is 1. The summed E-state index contributed by atoms with van der Waals surface area (Å²) >= 11 is 0. The Bertz CT molecular complexity index is 476. The van der Waals surface area contributed by atoms with E-state index in [1.807, 2.05) is 13.0 Å². The predicted octanol–water partition coefficient (Wildman–Crippen LogP) is 2.75. The Morgan fingerprint density at radius 3 is 2.58 bits per heavy atom. The number of hydrogen-bond acceptors (Lipinski definition) is 2. The maximum absolute atomic E-state index is 12.3. The molecule has 1 unspecified atom stereocenters. The third kappa shape index (κ3) is 2.81. The Morgan fingerprint density at radius 1 is 1.32 bits per heavy atom. The van der Waals surface area contributed by atoms with Crippen molar-refractivity contribution in [2.45, 2.75) is 58.0 Å². The van der Waals surface area contributed by atoms with Gasteiger partial charge in [-0.15, -0.1) is 0 Å². The highest BCUT2D eigenvalue weighted by Gasteiger charge is 2.37. The van der Waals surface area contributed by atoms with Crippen LogP contribution in [-0.2, 0) is 4.79 Å². The molecule has 2 rings (SSSR count). The van der Waals surface area contributed by atoms with Crippen molar-refractivity contribution in [3.05, 3.63) is 34.9 Å². The van der Waals surface area contributed by atoms with Gasteiger partial charge in [-0.05, 0) is 50.3 Å². The molecule has 1 aromatic rings. The van der Waals surface area contributed by atoms with E-state index in [2.05, 4.69) is 31.3 Å². The molecule has 1 saturated carbocycles. The fraction of sp³-hybridized carbons (Fsp3) is 0.562. The molecule has 1 aliphatic rings. The van der Waals surface area contributed by atoms with Gasteiger partial charge in [-0.3, -0.25) is 4.79 Å². The third-order valence-corrected chi connectivity index (χ3v) is 4.41. The SMILES string of the molecule is Cc1cccc(C(C)NC(=O)C2(N)CCCC2)c1C. The van der Waals surface area contributed by atoms with Crippen LogP contribution in [0.25, 0.3) is 0 Å². The van der Waals surface area contributed by atoms with E-state index < -0.39 is 5.54 Å². The number of amides is 1. The number of carbonyl (C=O) groups excluding carboxylic acids is 1. The van der Waals surface area contributed by atoms with E-state index >= 15 is 0 Å². The Morgan fingerprint density at radius 2 is 1.95 bits per heavy atom. The van der Waals surface area contributed by atoms with E-state index in [0.29, 0.717) is 0 Å². The molecule has 3 nitrogen and oxygen atoms in total. The Balaban J connectivity index is 2.10. The van der Waals surface area contributed by atoms with E-state index in [0.717, 1.165) is 25.7 Å². The normalized spacial score (nSPS) is 19.2. The van der Waals surface area contributed by atoms with Gasteiger partial charge in [0.15, 0.2) is 0 Å². The van der Waals surface area contributed by atoms with Crippen LogP contribution in [0.3, 0.4) is 0 Å². The monoisotopic (exact) mass is 260 g/mol. The summed E-state index contributed by atoms with van der Waals surface area (Å²) in [6.45, 7) is 6.22. The van der Waals surface area contributed by atoms with Gasteiger partial charge in [0.25, 0.3) is 0 Å². The molecule has 0 saturated heterocycles. The summed E-state index contributed by atoms with van der Waals surface area (Å²) in [6.07, 6.45) is 3.72. The van der Waals surface area contributed by atoms with Crippen LogP contribution in [0.1, 0.15) is 55.3 Å². The third-order valence-electron chi connectivity index (χ3n) is 4.41. The standard InChI is InChI=1S/C16H24N2O/c1-11-7-6-8-14(12(11)2)13(3)18-15(19)16(17)9-4-5-10-16/h6-8,13H,4-5,9-10,17H2,1-3H3,(H,18,19). The van der Waals surface area contributed by atoms with Gasteiger partial charge in [0.2, 0.25) is 5.91 Å². The number of hydrogen-bond donors (Lipinski definition) is 2. The summed E-state index contributed by atoms with van der Waals surface area (Å²) in [6, 6.07) is 6.21. The first-order valence-electron chi connectivity index (χ1n) is 7.10. The quantitative estimate of drug-likeness (QED) is 0.878. The molecule has 1 aliphatic carbocycles. The van der Waals surface area contributed by atoms with Gasteiger partial charge < -0.3 is 11.1 Å². The Labute approximate surface area is 115 Å². The Kier molecular flexibility index (Phi) is 3.95. The molecule has 0 aromatic heterocycles. The lowest BCUT2D eigenvalue weighted by molar-refractivity contribution is -0.126. The summed E-state index contributed by atoms with van der Waals surface area (Å²) < 4.78 is 0. The summed E-state index contributed by atoms with van der Waals surface area (Å²) in [5.41, 5.74) is 9.21. The number of benzene rings is 1. The molecule has 1 aromatic carbocycles. The van der Waals surface area contributed by atoms with Crippen molar-refractivity contribution in [3.63, 3.8) is 0 Å². The summed E-state index contributed by atoms with van der Waals surface area (Å²) in [4.78, 5) is 12.3. The molecular weight excluding hydrogens is 236 g/mol. The van der Waals surface area contributed by atoms with Crippen molar-refractivity contribution in [2.24, 2.45) is 5.73 Å². The van der Waals surface area contributed by atoms with Gasteiger partial charge in [0.05, 0.1) is 11.6 Å². The molecular formula is C16H24N2O. The molecule has 0 bridgehead atoms. The second-order valence-corrected chi connectivity index (χ2v) is 5.85. The first-order chi connectivity index (χ1) is 8.94. The minimum absolute atomic E-state index is 0.00148. The maximum Gasteiger partial charge on any atom is 0.240 e. The number of aryl methyl sites for hydroxylation is 1. The molecule has 0 aliphatic heterocycles. The molecule has 3 N–H and O–H groups in total. The number of nitrogens with one attached hydrogen (secondary N) is 1. The summed E-state index contributed by atoms with van der Waals surface area (Å²) in [5.74, 6) is -0.00148. The molecule has 0 heterocycles. The van der Waals surface area contributed by atoms with Crippen LogP contribution in [0.2, 0.25) is 0 Å². The largest absolute Gasteiger partial charge is 0.348 e. The second-order valence-electron chi connectivity index (χ2n) is 5.85. The lowest BCUT2D eigenvalue weighted by atomic mass is 9.95. The minimum Gasteiger partial charge on any atom is -0.348 e. The maximum atomic E-state index is 12.3. The lowest BCUT2D eigenvalue weighted by Gasteiger charge is -2.26. The highest BCUT2D eigenvalue weighted by Crippen LogP contribution is 2.28. The molecule has 1 amide bonds. The van der Waals surface area contributed by atoms with Gasteiger partial charge >= 0.3 is 0 Å². The fourth-order valence-electron chi connectivity index (χ4n) is 2.89. The van der Waals surface area contributed by atoms with Crippen LogP contribution >= 0.6 is 0 Å². The van der Waals surface area contributed by atoms with Crippen LogP contribution < -0.4 is 11.1 Å². The molecule has 0 spiro atoms. The highest BCUT2D eigenvalue weighted by atomic mass is 16.2. The first kappa shape index (κ1) is 14.1. The molecule has 3 heteroatoms. The van der Waals surface area contributed by atoms with Crippen LogP contribution in [-0.4, -0.2) is 11.4 Å². The fourth-order valence-corrected chi connectivity index (χ4v) is 2.89. The minimum atomic E-state index is -0.647. The van der Waals surface area contributed by atoms with Crippen molar-refractivity contribution in [1.29, 1.82) is 0 Å². The van der Waals surface area contributed by atoms with Gasteiger partial charge in [0, 0.05) is 0 Å². The highest BCUT2D eigenvalue weighted by molar-refractivity contribution is 5.86. The van der Waals surface area contributed by atoms with Crippen LogP contribution in [0.15, 0.2) is 18.2 Å². The van der Waals surface area contributed by atoms with Crippen LogP contribution in [0.5, 0.6) is 0 Å². The molecule has 1 atom stereocenters. The van der Waals surface area contributed by atoms with E-state index in [4.69, 9.17) is 5.73 Å². The van der Waals surface area contributed by atoms with Crippen LogP contribution in [0, 0.1) is 13.8 Å². The van der Waals surface area contributed by atoms with E-state index in [1.54, 1.807) is 0 Å². The second kappa shape index (κ2) is 5.33. The number of rotatable bonds is 3. The zero-order chi connectivity index (χ0) is 14.0. The topological polar surface area (TPSA) is 55.1 Å². The molecule has 19 heavy (non-hydrogen) atoms. The van der Waals surface area contributed by atoms with E-state index in [9.17, 15) is 4.79 Å². The van der Waals surface area contributed by atoms with Gasteiger partial charge in [-0.1, -0.05) is 31.0 Å². The molecule has 104 valence electrons. The Hall–Kier alpha value is -1.35.